The Morgan fingerprint density at radius 2 is 1.05 bits per heavy atom. The van der Waals surface area contributed by atoms with Gasteiger partial charge < -0.3 is 19.3 Å². The lowest BCUT2D eigenvalue weighted by Gasteiger charge is -2.25. The van der Waals surface area contributed by atoms with Crippen molar-refractivity contribution in [2.45, 2.75) is 37.9 Å². The summed E-state index contributed by atoms with van der Waals surface area (Å²) in [4.78, 5) is 29.2. The molecule has 1 aliphatic rings. The van der Waals surface area contributed by atoms with Gasteiger partial charge in [0.15, 0.2) is 12.2 Å². The van der Waals surface area contributed by atoms with Crippen LogP contribution in [0.1, 0.15) is 36.8 Å². The average molecular weight is 547 g/mol. The highest BCUT2D eigenvalue weighted by atomic mass is 35.5. The summed E-state index contributed by atoms with van der Waals surface area (Å²) in [5.74, 6) is 12.5. The maximum Gasteiger partial charge on any atom is 0.307 e. The number of nitrogens with zero attached hydrogens (tertiary/aromatic N) is 2. The Morgan fingerprint density at radius 1 is 0.692 bits per heavy atom. The van der Waals surface area contributed by atoms with E-state index in [1.807, 2.05) is 62.3 Å². The summed E-state index contributed by atoms with van der Waals surface area (Å²) in [6.07, 6.45) is -0.457. The molecule has 0 amide bonds. The van der Waals surface area contributed by atoms with Crippen LogP contribution in [-0.2, 0) is 19.1 Å². The van der Waals surface area contributed by atoms with E-state index in [9.17, 15) is 9.59 Å². The monoisotopic (exact) mass is 546 g/mol. The van der Waals surface area contributed by atoms with E-state index in [-0.39, 0.29) is 50.0 Å². The van der Waals surface area contributed by atoms with Gasteiger partial charge in [-0.3, -0.25) is 9.59 Å². The Balaban J connectivity index is 0.00000420. The van der Waals surface area contributed by atoms with Crippen molar-refractivity contribution in [3.05, 3.63) is 59.7 Å². The van der Waals surface area contributed by atoms with E-state index in [0.717, 1.165) is 32.7 Å². The lowest BCUT2D eigenvalue weighted by atomic mass is 9.91. The number of rotatable bonds is 8. The van der Waals surface area contributed by atoms with E-state index in [1.54, 1.807) is 0 Å². The minimum absolute atomic E-state index is 0. The molecule has 0 saturated carbocycles. The van der Waals surface area contributed by atoms with Gasteiger partial charge in [-0.15, -0.1) is 12.4 Å². The Kier molecular flexibility index (Phi) is 10.8. The van der Waals surface area contributed by atoms with Crippen molar-refractivity contribution >= 4 is 45.9 Å². The molecule has 0 radical (unpaired) electrons. The molecule has 0 unspecified atom stereocenters. The second-order valence-electron chi connectivity index (χ2n) is 10.0. The number of carbonyl (C=O) groups excluding carboxylic acids is 2. The Morgan fingerprint density at radius 3 is 1.41 bits per heavy atom. The van der Waals surface area contributed by atoms with Crippen LogP contribution in [0.15, 0.2) is 48.5 Å². The van der Waals surface area contributed by atoms with Gasteiger partial charge in [-0.2, -0.15) is 0 Å². The zero-order valence-electron chi connectivity index (χ0n) is 23.0. The quantitative estimate of drug-likeness (QED) is 0.233. The van der Waals surface area contributed by atoms with Gasteiger partial charge in [-0.1, -0.05) is 72.2 Å². The number of esters is 2. The van der Waals surface area contributed by atoms with Crippen molar-refractivity contribution in [1.82, 2.24) is 9.80 Å². The van der Waals surface area contributed by atoms with Gasteiger partial charge in [0, 0.05) is 24.2 Å². The molecule has 3 aromatic carbocycles. The molecular weight excluding hydrogens is 512 g/mol. The molecular formula is C32H35ClN2O4. The predicted octanol–water partition coefficient (Wildman–Crippen LogP) is 4.64. The number of halogens is 1. The molecule has 0 fully saturated rings. The maximum absolute atomic E-state index is 12.7. The van der Waals surface area contributed by atoms with E-state index in [0.29, 0.717) is 13.1 Å². The van der Waals surface area contributed by atoms with Crippen molar-refractivity contribution in [2.24, 2.45) is 0 Å². The Bertz CT molecular complexity index is 1350. The zero-order valence-corrected chi connectivity index (χ0v) is 23.8. The van der Waals surface area contributed by atoms with Crippen LogP contribution in [0.25, 0.3) is 21.5 Å². The van der Waals surface area contributed by atoms with Crippen LogP contribution in [0.4, 0.5) is 0 Å². The maximum atomic E-state index is 12.7. The molecule has 1 aliphatic carbocycles. The van der Waals surface area contributed by atoms with E-state index >= 15 is 0 Å². The minimum atomic E-state index is -0.706. The number of fused-ring (bicyclic) bond motifs is 6. The van der Waals surface area contributed by atoms with Crippen LogP contribution in [0.3, 0.4) is 0 Å². The van der Waals surface area contributed by atoms with Crippen LogP contribution in [0, 0.1) is 23.7 Å². The molecule has 4 rings (SSSR count). The van der Waals surface area contributed by atoms with Gasteiger partial charge in [-0.25, -0.2) is 0 Å². The summed E-state index contributed by atoms with van der Waals surface area (Å²) in [5, 5.41) is 4.31. The lowest BCUT2D eigenvalue weighted by Crippen LogP contribution is -2.36. The first kappa shape index (κ1) is 30.0. The topological polar surface area (TPSA) is 59.1 Å². The van der Waals surface area contributed by atoms with Crippen LogP contribution >= 0.6 is 12.4 Å². The van der Waals surface area contributed by atoms with Crippen LogP contribution in [-0.4, -0.2) is 75.2 Å². The van der Waals surface area contributed by atoms with Gasteiger partial charge in [0.1, 0.15) is 0 Å². The van der Waals surface area contributed by atoms with Gasteiger partial charge >= 0.3 is 11.9 Å². The first-order valence-electron chi connectivity index (χ1n) is 12.9. The third-order valence-electron chi connectivity index (χ3n) is 6.47. The van der Waals surface area contributed by atoms with Crippen molar-refractivity contribution < 1.29 is 19.1 Å². The molecule has 0 spiro atoms. The molecule has 0 bridgehead atoms. The Hall–Kier alpha value is -3.55. The summed E-state index contributed by atoms with van der Waals surface area (Å²) >= 11 is 0. The molecule has 6 nitrogen and oxygen atoms in total. The van der Waals surface area contributed by atoms with Crippen LogP contribution < -0.4 is 0 Å². The highest BCUT2D eigenvalue weighted by molar-refractivity contribution is 6.12. The van der Waals surface area contributed by atoms with Crippen LogP contribution in [0.2, 0.25) is 0 Å². The zero-order chi connectivity index (χ0) is 27.1. The lowest BCUT2D eigenvalue weighted by molar-refractivity contribution is -0.167. The van der Waals surface area contributed by atoms with Gasteiger partial charge in [0.2, 0.25) is 0 Å². The SMILES string of the molecule is CN(C)CCC(=O)O[C@H]1CC#Cc2c(c3ccccc3c3ccccc23)C#CC[C@@H]1OC(=O)CCN(C)C.Cl. The van der Waals surface area contributed by atoms with Crippen molar-refractivity contribution in [3.63, 3.8) is 0 Å². The number of carbonyl (C=O) groups is 2. The number of benzene rings is 3. The van der Waals surface area contributed by atoms with Crippen LogP contribution in [0.5, 0.6) is 0 Å². The molecule has 0 N–H and O–H groups in total. The smallest absolute Gasteiger partial charge is 0.307 e. The number of hydrogen-bond donors (Lipinski definition) is 0. The van der Waals surface area contributed by atoms with Crippen molar-refractivity contribution in [2.75, 3.05) is 41.3 Å². The molecule has 7 heteroatoms. The van der Waals surface area contributed by atoms with Gasteiger partial charge in [0.05, 0.1) is 25.7 Å². The number of hydrogen-bond acceptors (Lipinski definition) is 6. The molecule has 0 aromatic heterocycles. The first-order valence-corrected chi connectivity index (χ1v) is 12.9. The summed E-state index contributed by atoms with van der Waals surface area (Å²) in [7, 11) is 7.61. The predicted molar refractivity (Wildman–Crippen MR) is 158 cm³/mol. The highest BCUT2D eigenvalue weighted by Crippen LogP contribution is 2.32. The molecule has 2 atom stereocenters. The van der Waals surface area contributed by atoms with Gasteiger partial charge in [0.25, 0.3) is 0 Å². The largest absolute Gasteiger partial charge is 0.457 e. The fourth-order valence-electron chi connectivity index (χ4n) is 4.46. The number of ether oxygens (including phenoxy) is 2. The fourth-order valence-corrected chi connectivity index (χ4v) is 4.46. The molecule has 204 valence electrons. The third kappa shape index (κ3) is 7.74. The third-order valence-corrected chi connectivity index (χ3v) is 6.47. The second kappa shape index (κ2) is 14.0. The van der Waals surface area contributed by atoms with E-state index in [4.69, 9.17) is 9.47 Å². The minimum Gasteiger partial charge on any atom is -0.457 e. The summed E-state index contributed by atoms with van der Waals surface area (Å²) in [6.45, 7) is 1.13. The van der Waals surface area contributed by atoms with E-state index in [2.05, 4.69) is 47.9 Å². The van der Waals surface area contributed by atoms with Gasteiger partial charge in [-0.05, 0) is 49.7 Å². The first-order chi connectivity index (χ1) is 18.3. The molecule has 0 saturated heterocycles. The van der Waals surface area contributed by atoms with E-state index in [1.165, 1.54) is 0 Å². The van der Waals surface area contributed by atoms with Crippen molar-refractivity contribution in [3.8, 4) is 23.7 Å². The van der Waals surface area contributed by atoms with Crippen molar-refractivity contribution in [1.29, 1.82) is 0 Å². The summed E-state index contributed by atoms with van der Waals surface area (Å²) in [6, 6.07) is 16.4. The fraction of sp³-hybridized carbons (Fsp3) is 0.375. The highest BCUT2D eigenvalue weighted by Gasteiger charge is 2.28. The standard InChI is InChI=1S/C32H34N2O4.ClH/c1-33(2)21-19-31(35)37-29-17-9-15-27-25-13-7-5-11-23(25)24-12-6-8-14-26(24)28(27)16-10-18-30(29)38-32(36)20-22-34(3)4;/h5-8,11-14,29-30H,17-22H2,1-4H3;1H/t29-,30-;/m0./s1. The average Bonchev–Trinajstić information content (AvgIpc) is 2.90. The molecule has 0 aliphatic heterocycles. The summed E-state index contributed by atoms with van der Waals surface area (Å²) in [5.41, 5.74) is 1.73. The molecule has 3 aromatic rings. The molecule has 39 heavy (non-hydrogen) atoms. The molecule has 0 heterocycles. The summed E-state index contributed by atoms with van der Waals surface area (Å²) < 4.78 is 11.7. The van der Waals surface area contributed by atoms with E-state index < -0.39 is 12.2 Å². The normalized spacial score (nSPS) is 16.4. The Labute approximate surface area is 237 Å². The second-order valence-corrected chi connectivity index (χ2v) is 10.0.